The average Bonchev–Trinajstić information content (AvgIpc) is 3.15. The molecule has 1 aromatic carbocycles. The van der Waals surface area contributed by atoms with Crippen LogP contribution in [0, 0.1) is 5.82 Å². The largest absolute Gasteiger partial charge is 0.351 e. The fourth-order valence-electron chi connectivity index (χ4n) is 4.33. The summed E-state index contributed by atoms with van der Waals surface area (Å²) in [5, 5.41) is 7.30. The molecule has 166 valence electrons. The van der Waals surface area contributed by atoms with Crippen molar-refractivity contribution in [2.45, 2.75) is 45.2 Å². The number of hydrogen-bond acceptors (Lipinski definition) is 4. The van der Waals surface area contributed by atoms with E-state index >= 15 is 0 Å². The maximum absolute atomic E-state index is 13.5. The number of nitrogens with zero attached hydrogens (tertiary/aromatic N) is 4. The van der Waals surface area contributed by atoms with Crippen LogP contribution in [0.1, 0.15) is 58.6 Å². The van der Waals surface area contributed by atoms with Gasteiger partial charge in [-0.15, -0.1) is 0 Å². The molecule has 0 bridgehead atoms. The molecule has 0 unspecified atom stereocenters. The number of aryl methyl sites for hydroxylation is 1. The molecule has 31 heavy (non-hydrogen) atoms. The molecule has 1 fully saturated rings. The molecule has 1 N–H and O–H groups in total. The van der Waals surface area contributed by atoms with Gasteiger partial charge in [0.25, 0.3) is 11.8 Å². The number of fused-ring (bicyclic) bond motifs is 1. The normalized spacial score (nSPS) is 17.3. The molecule has 7 nitrogen and oxygen atoms in total. The first-order chi connectivity index (χ1) is 15.1. The number of carbonyl (C=O) groups excluding carboxylic acids is 2. The minimum atomic E-state index is -0.316. The summed E-state index contributed by atoms with van der Waals surface area (Å²) in [4.78, 5) is 29.7. The summed E-state index contributed by atoms with van der Waals surface area (Å²) in [6.07, 6.45) is 5.47. The lowest BCUT2D eigenvalue weighted by atomic mass is 10.1. The van der Waals surface area contributed by atoms with E-state index in [0.717, 1.165) is 38.0 Å². The SMILES string of the molecule is O=C(NCCCN1CCCCC1)c1cc2n(n1)CCCN(Cc1cccc(F)c1)C2=O. The Morgan fingerprint density at radius 1 is 1.06 bits per heavy atom. The lowest BCUT2D eigenvalue weighted by Crippen LogP contribution is -2.33. The molecule has 1 saturated heterocycles. The van der Waals surface area contributed by atoms with E-state index < -0.39 is 0 Å². The summed E-state index contributed by atoms with van der Waals surface area (Å²) in [7, 11) is 0. The van der Waals surface area contributed by atoms with Gasteiger partial charge in [0.15, 0.2) is 5.69 Å². The van der Waals surface area contributed by atoms with Gasteiger partial charge in [-0.05, 0) is 63.0 Å². The molecule has 8 heteroatoms. The number of likely N-dealkylation sites (tertiary alicyclic amines) is 1. The summed E-state index contributed by atoms with van der Waals surface area (Å²) >= 11 is 0. The molecule has 0 radical (unpaired) electrons. The number of benzene rings is 1. The van der Waals surface area contributed by atoms with Gasteiger partial charge in [0.1, 0.15) is 11.5 Å². The molecule has 0 spiro atoms. The first-order valence-corrected chi connectivity index (χ1v) is 11.2. The Morgan fingerprint density at radius 3 is 2.71 bits per heavy atom. The molecule has 2 amide bonds. The maximum atomic E-state index is 13.5. The van der Waals surface area contributed by atoms with Crippen molar-refractivity contribution < 1.29 is 14.0 Å². The van der Waals surface area contributed by atoms with Crippen molar-refractivity contribution in [2.24, 2.45) is 0 Å². The van der Waals surface area contributed by atoms with E-state index in [2.05, 4.69) is 15.3 Å². The van der Waals surface area contributed by atoms with Gasteiger partial charge >= 0.3 is 0 Å². The van der Waals surface area contributed by atoms with Gasteiger partial charge in [0.05, 0.1) is 0 Å². The summed E-state index contributed by atoms with van der Waals surface area (Å²) in [5.74, 6) is -0.744. The number of amides is 2. The molecule has 1 aromatic heterocycles. The van der Waals surface area contributed by atoms with Crippen LogP contribution in [0.25, 0.3) is 0 Å². The van der Waals surface area contributed by atoms with Crippen LogP contribution in [0.5, 0.6) is 0 Å². The molecule has 0 aliphatic carbocycles. The molecule has 3 heterocycles. The Kier molecular flexibility index (Phi) is 6.96. The van der Waals surface area contributed by atoms with E-state index in [9.17, 15) is 14.0 Å². The van der Waals surface area contributed by atoms with E-state index in [1.54, 1.807) is 27.8 Å². The zero-order valence-corrected chi connectivity index (χ0v) is 17.9. The van der Waals surface area contributed by atoms with Gasteiger partial charge in [-0.2, -0.15) is 5.10 Å². The van der Waals surface area contributed by atoms with Crippen LogP contribution >= 0.6 is 0 Å². The zero-order chi connectivity index (χ0) is 21.6. The number of halogens is 1. The third-order valence-corrected chi connectivity index (χ3v) is 5.96. The van der Waals surface area contributed by atoms with Gasteiger partial charge in [0, 0.05) is 32.2 Å². The van der Waals surface area contributed by atoms with Crippen molar-refractivity contribution in [2.75, 3.05) is 32.7 Å². The van der Waals surface area contributed by atoms with E-state index in [0.29, 0.717) is 31.9 Å². The molecular weight excluding hydrogens is 397 g/mol. The summed E-state index contributed by atoms with van der Waals surface area (Å²) in [6, 6.07) is 7.86. The highest BCUT2D eigenvalue weighted by Gasteiger charge is 2.26. The number of hydrogen-bond donors (Lipinski definition) is 1. The van der Waals surface area contributed by atoms with Crippen molar-refractivity contribution in [1.82, 2.24) is 24.9 Å². The van der Waals surface area contributed by atoms with Crippen molar-refractivity contribution in [3.8, 4) is 0 Å². The van der Waals surface area contributed by atoms with Crippen molar-refractivity contribution >= 4 is 11.8 Å². The molecule has 2 aliphatic rings. The van der Waals surface area contributed by atoms with E-state index in [1.165, 1.54) is 31.4 Å². The number of carbonyl (C=O) groups is 2. The molecule has 0 atom stereocenters. The van der Waals surface area contributed by atoms with Crippen molar-refractivity contribution in [1.29, 1.82) is 0 Å². The number of piperidine rings is 1. The van der Waals surface area contributed by atoms with Gasteiger partial charge in [-0.1, -0.05) is 18.6 Å². The lowest BCUT2D eigenvalue weighted by Gasteiger charge is -2.26. The Labute approximate surface area is 182 Å². The highest BCUT2D eigenvalue weighted by atomic mass is 19.1. The van der Waals surface area contributed by atoms with Crippen LogP contribution in [-0.4, -0.2) is 64.1 Å². The van der Waals surface area contributed by atoms with E-state index in [-0.39, 0.29) is 23.3 Å². The third kappa shape index (κ3) is 5.50. The first-order valence-electron chi connectivity index (χ1n) is 11.2. The third-order valence-electron chi connectivity index (χ3n) is 5.96. The number of nitrogens with one attached hydrogen (secondary N) is 1. The van der Waals surface area contributed by atoms with Gasteiger partial charge < -0.3 is 15.1 Å². The van der Waals surface area contributed by atoms with Crippen LogP contribution in [0.2, 0.25) is 0 Å². The van der Waals surface area contributed by atoms with Crippen LogP contribution in [-0.2, 0) is 13.1 Å². The summed E-state index contributed by atoms with van der Waals surface area (Å²) in [6.45, 7) is 5.36. The monoisotopic (exact) mass is 427 g/mol. The van der Waals surface area contributed by atoms with Crippen LogP contribution in [0.15, 0.2) is 30.3 Å². The fourth-order valence-corrected chi connectivity index (χ4v) is 4.33. The minimum Gasteiger partial charge on any atom is -0.351 e. The molecular formula is C23H30FN5O2. The molecule has 4 rings (SSSR count). The number of aromatic nitrogens is 2. The smallest absolute Gasteiger partial charge is 0.272 e. The Hall–Kier alpha value is -2.74. The Bertz CT molecular complexity index is 922. The van der Waals surface area contributed by atoms with Crippen LogP contribution in [0.4, 0.5) is 4.39 Å². The van der Waals surface area contributed by atoms with E-state index in [1.807, 2.05) is 0 Å². The minimum absolute atomic E-state index is 0.182. The Balaban J connectivity index is 1.34. The average molecular weight is 428 g/mol. The van der Waals surface area contributed by atoms with Gasteiger partial charge in [-0.25, -0.2) is 4.39 Å². The maximum Gasteiger partial charge on any atom is 0.272 e. The standard InChI is InChI=1S/C23H30FN5O2/c24-19-8-4-7-18(15-19)17-28-13-6-14-29-21(23(28)31)16-20(26-29)22(30)25-9-5-12-27-10-2-1-3-11-27/h4,7-8,15-16H,1-3,5-6,9-14,17H2,(H,25,30). The van der Waals surface area contributed by atoms with Gasteiger partial charge in [-0.3, -0.25) is 14.3 Å². The molecule has 2 aromatic rings. The second-order valence-corrected chi connectivity index (χ2v) is 8.36. The zero-order valence-electron chi connectivity index (χ0n) is 17.9. The predicted molar refractivity (Wildman–Crippen MR) is 115 cm³/mol. The second-order valence-electron chi connectivity index (χ2n) is 8.36. The fraction of sp³-hybridized carbons (Fsp3) is 0.522. The second kappa shape index (κ2) is 10.0. The lowest BCUT2D eigenvalue weighted by molar-refractivity contribution is 0.0745. The molecule has 0 saturated carbocycles. The highest BCUT2D eigenvalue weighted by Crippen LogP contribution is 2.17. The van der Waals surface area contributed by atoms with Gasteiger partial charge in [0.2, 0.25) is 0 Å². The Morgan fingerprint density at radius 2 is 1.90 bits per heavy atom. The summed E-state index contributed by atoms with van der Waals surface area (Å²) in [5.41, 5.74) is 1.43. The first kappa shape index (κ1) is 21.5. The quantitative estimate of drug-likeness (QED) is 0.690. The molecule has 2 aliphatic heterocycles. The van der Waals surface area contributed by atoms with Crippen molar-refractivity contribution in [3.05, 3.63) is 53.1 Å². The van der Waals surface area contributed by atoms with E-state index in [4.69, 9.17) is 0 Å². The summed E-state index contributed by atoms with van der Waals surface area (Å²) < 4.78 is 15.1. The van der Waals surface area contributed by atoms with Crippen molar-refractivity contribution in [3.63, 3.8) is 0 Å². The predicted octanol–water partition coefficient (Wildman–Crippen LogP) is 2.67. The highest BCUT2D eigenvalue weighted by molar-refractivity contribution is 5.98. The van der Waals surface area contributed by atoms with Crippen LogP contribution < -0.4 is 5.32 Å². The van der Waals surface area contributed by atoms with Crippen LogP contribution in [0.3, 0.4) is 0 Å². The topological polar surface area (TPSA) is 70.5 Å². The number of rotatable bonds is 7.